The molecule has 808 valence electrons. The maximum atomic E-state index is 13.1. The number of hydrogen-bond donors (Lipinski definition) is 2. The molecule has 0 radical (unpaired) electrons. The van der Waals surface area contributed by atoms with Crippen molar-refractivity contribution in [1.29, 1.82) is 0 Å². The molecule has 0 spiro atoms. The first kappa shape index (κ1) is 105. The summed E-state index contributed by atoms with van der Waals surface area (Å²) in [7, 11) is 3.00. The molecule has 32 aliphatic rings. The van der Waals surface area contributed by atoms with Crippen LogP contribution in [0.1, 0.15) is 394 Å². The predicted octanol–water partition coefficient (Wildman–Crippen LogP) is 27.8. The quantitative estimate of drug-likeness (QED) is 0.106. The van der Waals surface area contributed by atoms with E-state index in [0.29, 0.717) is 132 Å². The highest BCUT2D eigenvalue weighted by Gasteiger charge is 2.69. The molecule has 47 atom stereocenters. The molecule has 2 N–H and O–H groups in total. The van der Waals surface area contributed by atoms with Gasteiger partial charge in [-0.05, 0) is 555 Å². The lowest BCUT2D eigenvalue weighted by Crippen LogP contribution is -2.60. The van der Waals surface area contributed by atoms with Crippen molar-refractivity contribution in [2.75, 3.05) is 27.4 Å². The Hall–Kier alpha value is -3.75. The molecule has 144 heavy (non-hydrogen) atoms. The van der Waals surface area contributed by atoms with Gasteiger partial charge in [-0.3, -0.25) is 33.6 Å². The zero-order chi connectivity index (χ0) is 101. The van der Waals surface area contributed by atoms with Gasteiger partial charge in [0.2, 0.25) is 0 Å². The van der Waals surface area contributed by atoms with E-state index >= 15 is 0 Å². The third kappa shape index (κ3) is 18.0. The van der Waals surface area contributed by atoms with Gasteiger partial charge in [0.1, 0.15) is 17.3 Å². The first-order chi connectivity index (χ1) is 68.7. The highest BCUT2D eigenvalue weighted by molar-refractivity contribution is 5.78. The van der Waals surface area contributed by atoms with Crippen LogP contribution < -0.4 is 0 Å². The zero-order valence-electron chi connectivity index (χ0n) is 93.6. The standard InChI is InChI=1S/C21H30O4.C21H32O2.C20H32O2.C12H20O2.C12H18.2C11H18O2.C11H18O.C10H16/c1-11-12(2)16-4-15(11)5-17(16)18(22)25-21-8-13-3-14(9-21)7-20(6-13,10-21)19(23)24;1-11-12(2)18-9-15(11)10-19(18)20(22)23-21(3)16-5-13-4-14(7-16)8-17(21)6-13;1-11-12(2)15-8-13(11)9-16(15)18(21)22-17-10-14-6-7-20(17,5)19(14,3)4;1-4-14-12(13)11-6-9-5-10(11)8(3)7(9)2;1-2-8-5-7(1)11-9-3-4-10(6-9)12(8)11;2*1-6-7(2)9-4-8(6)5-10(9)11(12)13-3;12-6-7-3-10-8-1-2-9(5-8)11(10)4-7;1-2-9-7-4-5-8(6-7)10(9)3-1/h11-17H,3-10H2,1-2H3,(H,23,24);11-19H,4-10H2,1-3H3;11-17H,6-10H2,1-5H3;7-11H,4-6H2,1-3H3;7-12H,1-6H2;2*6-10H,4-5H2,1-3H3;7-12H,1-6H2;7-10H,1-6H2. The molecule has 0 amide bonds. The molecule has 0 saturated heterocycles. The van der Waals surface area contributed by atoms with E-state index < -0.39 is 17.0 Å². The van der Waals surface area contributed by atoms with Gasteiger partial charge in [-0.15, -0.1) is 0 Å². The number of carboxylic acids is 1. The highest BCUT2D eigenvalue weighted by atomic mass is 16.6. The van der Waals surface area contributed by atoms with Crippen LogP contribution >= 0.6 is 0 Å². The molecule has 32 aliphatic carbocycles. The van der Waals surface area contributed by atoms with Gasteiger partial charge in [0.15, 0.2) is 0 Å². The molecule has 32 saturated carbocycles. The Labute approximate surface area is 871 Å². The van der Waals surface area contributed by atoms with Crippen LogP contribution in [-0.4, -0.2) is 96.7 Å². The van der Waals surface area contributed by atoms with Crippen molar-refractivity contribution in [3.63, 3.8) is 0 Å². The average molecular weight is 1990 g/mol. The van der Waals surface area contributed by atoms with Gasteiger partial charge in [0.05, 0.1) is 61.7 Å². The van der Waals surface area contributed by atoms with Crippen LogP contribution in [0, 0.1) is 324 Å². The van der Waals surface area contributed by atoms with Crippen LogP contribution in [0.3, 0.4) is 0 Å². The van der Waals surface area contributed by atoms with E-state index in [9.17, 15) is 38.7 Å². The fourth-order valence-electron chi connectivity index (χ4n) is 46.6. The molecular weight excluding hydrogens is 1790 g/mol. The van der Waals surface area contributed by atoms with Crippen LogP contribution in [0.4, 0.5) is 0 Å². The minimum atomic E-state index is -0.663. The lowest BCUT2D eigenvalue weighted by Gasteiger charge is -2.59. The summed E-state index contributed by atoms with van der Waals surface area (Å²) in [6.45, 7) is 40.2. The van der Waals surface area contributed by atoms with E-state index in [1.165, 1.54) is 189 Å². The van der Waals surface area contributed by atoms with Crippen molar-refractivity contribution < 1.29 is 72.2 Å². The number of carbonyl (C=O) groups excluding carboxylic acids is 6. The monoisotopic (exact) mass is 1990 g/mol. The second kappa shape index (κ2) is 40.2. The van der Waals surface area contributed by atoms with Crippen LogP contribution in [0.5, 0.6) is 0 Å². The molecule has 30 bridgehead atoms. The van der Waals surface area contributed by atoms with Crippen molar-refractivity contribution in [3.8, 4) is 0 Å². The third-order valence-corrected chi connectivity index (χ3v) is 55.5. The Morgan fingerprint density at radius 3 is 0.965 bits per heavy atom. The number of rotatable bonds is 12. The molecule has 0 aromatic rings. The summed E-state index contributed by atoms with van der Waals surface area (Å²) < 4.78 is 33.6. The second-order valence-corrected chi connectivity index (χ2v) is 60.3. The Balaban J connectivity index is 0.0000000940. The maximum absolute atomic E-state index is 13.1. The number of carbonyl (C=O) groups is 7. The number of aliphatic carboxylic acids is 1. The number of ether oxygens (including phenoxy) is 6. The molecule has 0 heterocycles. The molecule has 32 fully saturated rings. The first-order valence-electron chi connectivity index (χ1n) is 62.6. The number of esters is 6. The first-order valence-corrected chi connectivity index (χ1v) is 62.6. The largest absolute Gasteiger partial charge is 0.481 e. The fraction of sp³-hybridized carbons (Fsp3) is 0.946. The zero-order valence-corrected chi connectivity index (χ0v) is 93.6. The van der Waals surface area contributed by atoms with Crippen molar-refractivity contribution in [2.24, 2.45) is 324 Å². The van der Waals surface area contributed by atoms with Crippen LogP contribution in [0.15, 0.2) is 0 Å². The number of fused-ring (bicyclic) bond motifs is 33. The van der Waals surface area contributed by atoms with E-state index in [1.807, 2.05) is 6.92 Å². The molecule has 15 nitrogen and oxygen atoms in total. The molecule has 47 unspecified atom stereocenters. The topological polar surface area (TPSA) is 215 Å². The van der Waals surface area contributed by atoms with Gasteiger partial charge in [-0.25, -0.2) is 0 Å². The Morgan fingerprint density at radius 2 is 0.639 bits per heavy atom. The van der Waals surface area contributed by atoms with Crippen molar-refractivity contribution in [3.05, 3.63) is 0 Å². The van der Waals surface area contributed by atoms with Crippen LogP contribution in [0.25, 0.3) is 0 Å². The second-order valence-electron chi connectivity index (χ2n) is 60.3. The summed E-state index contributed by atoms with van der Waals surface area (Å²) in [6, 6.07) is 0. The van der Waals surface area contributed by atoms with Crippen molar-refractivity contribution in [2.45, 2.75) is 411 Å². The number of aliphatic hydroxyl groups excluding tert-OH is 1. The summed E-state index contributed by atoms with van der Waals surface area (Å²) in [5.41, 5.74) is -0.712. The fourth-order valence-corrected chi connectivity index (χ4v) is 46.6. The van der Waals surface area contributed by atoms with E-state index in [-0.39, 0.29) is 88.4 Å². The summed E-state index contributed by atoms with van der Waals surface area (Å²) in [4.78, 5) is 85.5. The molecular formula is C129H202O15. The number of carboxylic acid groups (broad SMARTS) is 1. The lowest BCUT2D eigenvalue weighted by molar-refractivity contribution is -0.214. The van der Waals surface area contributed by atoms with Gasteiger partial charge < -0.3 is 38.6 Å². The number of methoxy groups -OCH3 is 2. The smallest absolute Gasteiger partial charge is 0.309 e. The van der Waals surface area contributed by atoms with E-state index in [2.05, 4.69) is 111 Å². The molecule has 0 aliphatic heterocycles. The Bertz CT molecular complexity index is 4440. The molecule has 0 aromatic carbocycles. The van der Waals surface area contributed by atoms with Gasteiger partial charge in [0.25, 0.3) is 0 Å². The van der Waals surface area contributed by atoms with Gasteiger partial charge in [-0.1, -0.05) is 110 Å². The van der Waals surface area contributed by atoms with E-state index in [0.717, 1.165) is 184 Å². The molecule has 32 rings (SSSR count). The van der Waals surface area contributed by atoms with Crippen molar-refractivity contribution >= 4 is 41.8 Å². The van der Waals surface area contributed by atoms with Gasteiger partial charge in [0, 0.05) is 18.4 Å². The maximum Gasteiger partial charge on any atom is 0.309 e. The lowest BCUT2D eigenvalue weighted by atomic mass is 9.48. The van der Waals surface area contributed by atoms with Crippen LogP contribution in [-0.2, 0) is 62.0 Å². The summed E-state index contributed by atoms with van der Waals surface area (Å²) >= 11 is 0. The van der Waals surface area contributed by atoms with E-state index in [1.54, 1.807) is 77.0 Å². The summed E-state index contributed by atoms with van der Waals surface area (Å²) in [5.74, 6) is 39.5. The van der Waals surface area contributed by atoms with E-state index in [4.69, 9.17) is 33.5 Å². The Morgan fingerprint density at radius 1 is 0.306 bits per heavy atom. The SMILES string of the molecule is C1CC2C3CCC(C3)C2C1.C1CC2CC1C1C3CCC(C3)C21.CC1C2CC(C(=O)OC3(C)C4CC5CC(C4)CC3C5)C(C2)C1C.CC1C2CC(C(=O)OC34CC5CC(C3)CC(C(=O)O)(C5)C4)C(C2)C1C.CC1C2CC(C(=O)OC3CC4CCC3(C)C4(C)C)C(C2)C1C.CCOC(=O)C1CC2CC1C(C)C2C.COC(=O)C1CC2CC1C(C)C2C.COC(=O)C1CC2CC1C(C)C2C.OCC1CC2C3CCC(C3)C2C1. The third-order valence-electron chi connectivity index (χ3n) is 55.5. The normalized spacial score (nSPS) is 54.8. The summed E-state index contributed by atoms with van der Waals surface area (Å²) in [5, 5.41) is 19.0. The number of hydrogen-bond acceptors (Lipinski definition) is 14. The van der Waals surface area contributed by atoms with Crippen LogP contribution in [0.2, 0.25) is 0 Å². The van der Waals surface area contributed by atoms with Gasteiger partial charge >= 0.3 is 41.8 Å². The highest BCUT2D eigenvalue weighted by Crippen LogP contribution is 2.72. The predicted molar refractivity (Wildman–Crippen MR) is 561 cm³/mol. The van der Waals surface area contributed by atoms with Gasteiger partial charge in [-0.2, -0.15) is 0 Å². The minimum Gasteiger partial charge on any atom is -0.481 e. The van der Waals surface area contributed by atoms with Crippen molar-refractivity contribution in [1.82, 2.24) is 0 Å². The average Bonchev–Trinajstić information content (AvgIpc) is 0.841. The molecule has 15 heteroatoms. The number of aliphatic hydroxyl groups is 1. The minimum absolute atomic E-state index is 0.00580. The molecule has 0 aromatic heterocycles. The Kier molecular flexibility index (Phi) is 29.2. The summed E-state index contributed by atoms with van der Waals surface area (Å²) in [6.07, 6.45) is 56.0.